The smallest absolute Gasteiger partial charge is 0.243 e. The number of benzene rings is 1. The summed E-state index contributed by atoms with van der Waals surface area (Å²) in [4.78, 5) is 18.6. The number of H-pyrrole nitrogens is 1. The van der Waals surface area contributed by atoms with Crippen LogP contribution in [0.2, 0.25) is 0 Å². The van der Waals surface area contributed by atoms with Gasteiger partial charge in [-0.3, -0.25) is 19.5 Å². The molecular formula is C21H26N4O4S. The van der Waals surface area contributed by atoms with Gasteiger partial charge in [0.2, 0.25) is 17.2 Å². The zero-order valence-corrected chi connectivity index (χ0v) is 17.4. The fraction of sp³-hybridized carbons (Fsp3) is 0.333. The van der Waals surface area contributed by atoms with Crippen LogP contribution in [0.5, 0.6) is 0 Å². The topological polar surface area (TPSA) is 119 Å². The standard InChI is InChI=1S/C21H26N4O4S/c26-21(24-27)5-3-1-2-4-12-25(30(28)29)15-16-6-8-20(23-14-16)17-7-9-19-18(13-17)10-11-22-19/h6-11,13-14,22,27H,1-5,12,15H2,(H,24,26)(H,28,29). The van der Waals surface area contributed by atoms with Crippen LogP contribution in [0, 0.1) is 0 Å². The zero-order valence-electron chi connectivity index (χ0n) is 16.6. The minimum Gasteiger partial charge on any atom is -0.361 e. The summed E-state index contributed by atoms with van der Waals surface area (Å²) in [6.45, 7) is 0.807. The molecule has 1 amide bonds. The number of amides is 1. The minimum atomic E-state index is -2.07. The van der Waals surface area contributed by atoms with Crippen molar-refractivity contribution in [1.29, 1.82) is 0 Å². The minimum absolute atomic E-state index is 0.279. The number of pyridine rings is 1. The van der Waals surface area contributed by atoms with Gasteiger partial charge < -0.3 is 4.98 Å². The van der Waals surface area contributed by atoms with Crippen molar-refractivity contribution in [3.63, 3.8) is 0 Å². The molecule has 160 valence electrons. The predicted octanol–water partition coefficient (Wildman–Crippen LogP) is 3.62. The maximum Gasteiger partial charge on any atom is 0.243 e. The van der Waals surface area contributed by atoms with E-state index in [1.54, 1.807) is 11.7 Å². The Labute approximate surface area is 177 Å². The Morgan fingerprint density at radius 1 is 1.13 bits per heavy atom. The van der Waals surface area contributed by atoms with E-state index in [-0.39, 0.29) is 6.42 Å². The molecule has 2 aromatic heterocycles. The molecule has 0 bridgehead atoms. The highest BCUT2D eigenvalue weighted by Gasteiger charge is 2.12. The van der Waals surface area contributed by atoms with Gasteiger partial charge in [0.15, 0.2) is 0 Å². The second-order valence-electron chi connectivity index (χ2n) is 7.12. The van der Waals surface area contributed by atoms with Crippen LogP contribution in [0.1, 0.15) is 37.7 Å². The maximum absolute atomic E-state index is 11.7. The first-order chi connectivity index (χ1) is 14.6. The Bertz CT molecular complexity index is 990. The van der Waals surface area contributed by atoms with Gasteiger partial charge in [-0.05, 0) is 42.7 Å². The second-order valence-corrected chi connectivity index (χ2v) is 8.10. The van der Waals surface area contributed by atoms with E-state index >= 15 is 0 Å². The number of nitrogens with zero attached hydrogens (tertiary/aromatic N) is 2. The Kier molecular flexibility index (Phi) is 8.09. The highest BCUT2D eigenvalue weighted by molar-refractivity contribution is 7.76. The van der Waals surface area contributed by atoms with E-state index in [2.05, 4.69) is 16.0 Å². The van der Waals surface area contributed by atoms with Crippen molar-refractivity contribution in [2.45, 2.75) is 38.6 Å². The summed E-state index contributed by atoms with van der Waals surface area (Å²) in [5, 5.41) is 9.57. The van der Waals surface area contributed by atoms with Crippen LogP contribution in [-0.4, -0.2) is 40.7 Å². The lowest BCUT2D eigenvalue weighted by Crippen LogP contribution is -2.26. The number of carbonyl (C=O) groups excluding carboxylic acids is 1. The molecule has 0 aliphatic rings. The monoisotopic (exact) mass is 430 g/mol. The normalized spacial score (nSPS) is 12.4. The van der Waals surface area contributed by atoms with E-state index in [1.165, 1.54) is 4.31 Å². The fourth-order valence-corrected chi connectivity index (χ4v) is 3.85. The maximum atomic E-state index is 11.7. The van der Waals surface area contributed by atoms with E-state index < -0.39 is 17.2 Å². The lowest BCUT2D eigenvalue weighted by atomic mass is 10.1. The molecule has 0 saturated heterocycles. The van der Waals surface area contributed by atoms with Gasteiger partial charge in [0, 0.05) is 48.4 Å². The average molecular weight is 431 g/mol. The number of hydrogen-bond donors (Lipinski definition) is 4. The van der Waals surface area contributed by atoms with Crippen molar-refractivity contribution < 1.29 is 18.8 Å². The van der Waals surface area contributed by atoms with Gasteiger partial charge in [-0.15, -0.1) is 0 Å². The molecule has 0 spiro atoms. The molecule has 0 radical (unpaired) electrons. The molecule has 0 fully saturated rings. The fourth-order valence-electron chi connectivity index (χ4n) is 3.30. The van der Waals surface area contributed by atoms with E-state index in [0.29, 0.717) is 19.5 Å². The first kappa shape index (κ1) is 22.1. The Morgan fingerprint density at radius 3 is 2.70 bits per heavy atom. The van der Waals surface area contributed by atoms with Gasteiger partial charge >= 0.3 is 0 Å². The van der Waals surface area contributed by atoms with Crippen LogP contribution in [0.3, 0.4) is 0 Å². The first-order valence-electron chi connectivity index (χ1n) is 9.88. The molecule has 1 unspecified atom stereocenters. The van der Waals surface area contributed by atoms with Crippen LogP contribution in [0.4, 0.5) is 0 Å². The Balaban J connectivity index is 1.51. The molecule has 0 aliphatic carbocycles. The van der Waals surface area contributed by atoms with Gasteiger partial charge in [-0.1, -0.05) is 25.0 Å². The number of hydroxylamine groups is 1. The molecule has 9 heteroatoms. The van der Waals surface area contributed by atoms with Crippen molar-refractivity contribution in [2.24, 2.45) is 0 Å². The van der Waals surface area contributed by atoms with E-state index in [1.807, 2.05) is 36.5 Å². The van der Waals surface area contributed by atoms with Crippen molar-refractivity contribution in [1.82, 2.24) is 19.8 Å². The first-order valence-corrected chi connectivity index (χ1v) is 10.9. The van der Waals surface area contributed by atoms with Gasteiger partial charge in [0.25, 0.3) is 0 Å². The number of fused-ring (bicyclic) bond motifs is 1. The molecule has 8 nitrogen and oxygen atoms in total. The third-order valence-electron chi connectivity index (χ3n) is 4.94. The van der Waals surface area contributed by atoms with E-state index in [9.17, 15) is 13.6 Å². The molecule has 3 aromatic rings. The van der Waals surface area contributed by atoms with Gasteiger partial charge in [-0.25, -0.2) is 9.69 Å². The van der Waals surface area contributed by atoms with Gasteiger partial charge in [0.1, 0.15) is 0 Å². The molecule has 1 aromatic carbocycles. The number of carbonyl (C=O) groups is 1. The highest BCUT2D eigenvalue weighted by Crippen LogP contribution is 2.23. The van der Waals surface area contributed by atoms with Crippen LogP contribution in [-0.2, 0) is 22.6 Å². The molecule has 0 aliphatic heterocycles. The highest BCUT2D eigenvalue weighted by atomic mass is 32.2. The third-order valence-corrected chi connectivity index (χ3v) is 5.69. The van der Waals surface area contributed by atoms with Crippen molar-refractivity contribution >= 4 is 28.1 Å². The summed E-state index contributed by atoms with van der Waals surface area (Å²) in [5.74, 6) is -0.392. The summed E-state index contributed by atoms with van der Waals surface area (Å²) in [7, 11) is 0. The summed E-state index contributed by atoms with van der Waals surface area (Å²) < 4.78 is 22.7. The number of rotatable bonds is 11. The molecule has 3 rings (SSSR count). The van der Waals surface area contributed by atoms with Crippen LogP contribution >= 0.6 is 0 Å². The molecular weight excluding hydrogens is 404 g/mol. The number of unbranched alkanes of at least 4 members (excludes halogenated alkanes) is 3. The SMILES string of the molecule is O=C(CCCCCCN(Cc1ccc(-c2ccc3[nH]ccc3c2)nc1)S(=O)O)NO. The largest absolute Gasteiger partial charge is 0.361 e. The number of hydrogen-bond acceptors (Lipinski definition) is 4. The molecule has 2 heterocycles. The lowest BCUT2D eigenvalue weighted by molar-refractivity contribution is -0.129. The zero-order chi connectivity index (χ0) is 21.3. The van der Waals surface area contributed by atoms with Crippen molar-refractivity contribution in [2.75, 3.05) is 6.54 Å². The molecule has 30 heavy (non-hydrogen) atoms. The second kappa shape index (κ2) is 11.0. The molecule has 1 atom stereocenters. The van der Waals surface area contributed by atoms with Crippen LogP contribution < -0.4 is 5.48 Å². The summed E-state index contributed by atoms with van der Waals surface area (Å²) in [5.41, 5.74) is 5.42. The van der Waals surface area contributed by atoms with E-state index in [4.69, 9.17) is 5.21 Å². The summed E-state index contributed by atoms with van der Waals surface area (Å²) >= 11 is -2.07. The Hall–Kier alpha value is -2.59. The summed E-state index contributed by atoms with van der Waals surface area (Å²) in [6, 6.07) is 12.0. The van der Waals surface area contributed by atoms with Gasteiger partial charge in [-0.2, -0.15) is 4.31 Å². The predicted molar refractivity (Wildman–Crippen MR) is 116 cm³/mol. The summed E-state index contributed by atoms with van der Waals surface area (Å²) in [6.07, 6.45) is 7.00. The quantitative estimate of drug-likeness (QED) is 0.160. The Morgan fingerprint density at radius 2 is 1.97 bits per heavy atom. The van der Waals surface area contributed by atoms with Crippen LogP contribution in [0.15, 0.2) is 48.8 Å². The average Bonchev–Trinajstić information content (AvgIpc) is 3.23. The van der Waals surface area contributed by atoms with Crippen LogP contribution in [0.25, 0.3) is 22.2 Å². The van der Waals surface area contributed by atoms with Crippen molar-refractivity contribution in [3.8, 4) is 11.3 Å². The number of aromatic nitrogens is 2. The van der Waals surface area contributed by atoms with Crippen molar-refractivity contribution in [3.05, 3.63) is 54.4 Å². The molecule has 0 saturated carbocycles. The molecule has 4 N–H and O–H groups in total. The third kappa shape index (κ3) is 6.20. The lowest BCUT2D eigenvalue weighted by Gasteiger charge is -2.17. The van der Waals surface area contributed by atoms with Gasteiger partial charge in [0.05, 0.1) is 5.69 Å². The number of aromatic amines is 1. The number of nitrogens with one attached hydrogen (secondary N) is 2. The van der Waals surface area contributed by atoms with E-state index in [0.717, 1.165) is 47.0 Å².